The number of aromatic hydroxyl groups is 1. The number of halogens is 3. The van der Waals surface area contributed by atoms with Gasteiger partial charge in [-0.2, -0.15) is 0 Å². The number of para-hydroxylation sites is 1. The maximum absolute atomic E-state index is 12.5. The average molecular weight is 464 g/mol. The summed E-state index contributed by atoms with van der Waals surface area (Å²) < 4.78 is 41.4. The zero-order valence-corrected chi connectivity index (χ0v) is 16.4. The van der Waals surface area contributed by atoms with Gasteiger partial charge in [-0.1, -0.05) is 30.3 Å². The first-order chi connectivity index (χ1) is 15.5. The number of aromatic amines is 1. The number of aromatic carboxylic acids is 1. The number of amides is 2. The van der Waals surface area contributed by atoms with Crippen LogP contribution in [0.25, 0.3) is 11.4 Å². The Bertz CT molecular complexity index is 1260. The van der Waals surface area contributed by atoms with Gasteiger partial charge < -0.3 is 30.6 Å². The number of hydrogen-bond donors (Lipinski definition) is 5. The minimum atomic E-state index is -4.89. The molecule has 1 heterocycles. The zero-order chi connectivity index (χ0) is 24.2. The predicted molar refractivity (Wildman–Crippen MR) is 108 cm³/mol. The summed E-state index contributed by atoms with van der Waals surface area (Å²) in [5.41, 5.74) is -1.39. The highest BCUT2D eigenvalue weighted by Crippen LogP contribution is 2.26. The number of ether oxygens (including phenoxy) is 1. The Morgan fingerprint density at radius 3 is 2.55 bits per heavy atom. The number of anilines is 1. The molecule has 0 aliphatic rings. The fourth-order valence-electron chi connectivity index (χ4n) is 2.72. The van der Waals surface area contributed by atoms with Crippen LogP contribution in [-0.2, 0) is 6.54 Å². The number of alkyl halides is 3. The van der Waals surface area contributed by atoms with Crippen LogP contribution < -0.4 is 20.9 Å². The van der Waals surface area contributed by atoms with Gasteiger partial charge in [0.1, 0.15) is 11.6 Å². The number of nitrogens with one attached hydrogen (secondary N) is 3. The van der Waals surface area contributed by atoms with Crippen molar-refractivity contribution in [1.82, 2.24) is 15.3 Å². The Hall–Kier alpha value is -4.55. The largest absolute Gasteiger partial charge is 0.573 e. The molecule has 0 fully saturated rings. The van der Waals surface area contributed by atoms with Crippen LogP contribution in [0, 0.1) is 0 Å². The van der Waals surface area contributed by atoms with Gasteiger partial charge in [0.15, 0.2) is 5.69 Å². The van der Waals surface area contributed by atoms with Crippen LogP contribution in [0.3, 0.4) is 0 Å². The van der Waals surface area contributed by atoms with Gasteiger partial charge in [-0.25, -0.2) is 14.6 Å². The maximum Gasteiger partial charge on any atom is 0.573 e. The van der Waals surface area contributed by atoms with Gasteiger partial charge in [0.05, 0.1) is 0 Å². The maximum atomic E-state index is 12.5. The lowest BCUT2D eigenvalue weighted by molar-refractivity contribution is -0.274. The molecule has 0 spiro atoms. The molecule has 0 atom stereocenters. The minimum Gasteiger partial charge on any atom is -0.501 e. The minimum absolute atomic E-state index is 0.0887. The number of carbonyl (C=O) groups excluding carboxylic acids is 1. The Balaban J connectivity index is 1.73. The number of rotatable bonds is 6. The van der Waals surface area contributed by atoms with Crippen LogP contribution in [0.1, 0.15) is 16.1 Å². The smallest absolute Gasteiger partial charge is 0.501 e. The summed E-state index contributed by atoms with van der Waals surface area (Å²) >= 11 is 0. The SMILES string of the molecule is O=C(NCc1ccccc1OC(F)(F)F)Nc1cccc(-c2nc(C(=O)O)c(O)c(=O)[nH]2)c1. The van der Waals surface area contributed by atoms with Crippen molar-refractivity contribution in [3.63, 3.8) is 0 Å². The van der Waals surface area contributed by atoms with Crippen molar-refractivity contribution in [2.24, 2.45) is 0 Å². The summed E-state index contributed by atoms with van der Waals surface area (Å²) in [6.45, 7) is -0.271. The number of urea groups is 1. The van der Waals surface area contributed by atoms with E-state index in [2.05, 4.69) is 25.3 Å². The summed E-state index contributed by atoms with van der Waals surface area (Å²) in [6.07, 6.45) is -4.89. The molecular formula is C20H15F3N4O6. The quantitative estimate of drug-likeness (QED) is 0.376. The molecule has 10 nitrogen and oxygen atoms in total. The van der Waals surface area contributed by atoms with E-state index in [0.29, 0.717) is 0 Å². The third kappa shape index (κ3) is 6.00. The number of benzene rings is 2. The van der Waals surface area contributed by atoms with E-state index in [9.17, 15) is 32.7 Å². The van der Waals surface area contributed by atoms with Crippen LogP contribution in [0.4, 0.5) is 23.7 Å². The van der Waals surface area contributed by atoms with Crippen molar-refractivity contribution in [2.75, 3.05) is 5.32 Å². The molecule has 0 unspecified atom stereocenters. The lowest BCUT2D eigenvalue weighted by Crippen LogP contribution is -2.28. The molecule has 0 saturated carbocycles. The van der Waals surface area contributed by atoms with Gasteiger partial charge in [-0.15, -0.1) is 13.2 Å². The fraction of sp³-hybridized carbons (Fsp3) is 0.100. The van der Waals surface area contributed by atoms with Gasteiger partial charge in [0.2, 0.25) is 5.75 Å². The lowest BCUT2D eigenvalue weighted by Gasteiger charge is -2.14. The predicted octanol–water partition coefficient (Wildman–Crippen LogP) is 3.06. The molecule has 0 bridgehead atoms. The molecule has 3 rings (SSSR count). The normalized spacial score (nSPS) is 11.0. The van der Waals surface area contributed by atoms with E-state index >= 15 is 0 Å². The third-order valence-corrected chi connectivity index (χ3v) is 4.13. The van der Waals surface area contributed by atoms with Gasteiger partial charge in [-0.3, -0.25) is 4.79 Å². The summed E-state index contributed by atoms with van der Waals surface area (Å²) in [6, 6.07) is 10.3. The first-order valence-corrected chi connectivity index (χ1v) is 9.09. The lowest BCUT2D eigenvalue weighted by atomic mass is 10.2. The molecule has 5 N–H and O–H groups in total. The number of hydrogen-bond acceptors (Lipinski definition) is 6. The first kappa shape index (κ1) is 23.1. The molecule has 0 saturated heterocycles. The average Bonchev–Trinajstić information content (AvgIpc) is 2.74. The van der Waals surface area contributed by atoms with E-state index < -0.39 is 41.1 Å². The number of carboxylic acid groups (broad SMARTS) is 1. The molecule has 0 radical (unpaired) electrons. The van der Waals surface area contributed by atoms with Crippen LogP contribution in [0.5, 0.6) is 11.5 Å². The van der Waals surface area contributed by atoms with Gasteiger partial charge in [-0.05, 0) is 18.2 Å². The second-order valence-corrected chi connectivity index (χ2v) is 6.46. The number of nitrogens with zero attached hydrogens (tertiary/aromatic N) is 1. The molecule has 0 aliphatic carbocycles. The summed E-state index contributed by atoms with van der Waals surface area (Å²) in [7, 11) is 0. The molecule has 2 aromatic carbocycles. The van der Waals surface area contributed by atoms with Crippen molar-refractivity contribution < 1.29 is 37.7 Å². The summed E-state index contributed by atoms with van der Waals surface area (Å²) in [5, 5.41) is 23.4. The summed E-state index contributed by atoms with van der Waals surface area (Å²) in [5.74, 6) is -3.28. The van der Waals surface area contributed by atoms with E-state index in [1.165, 1.54) is 42.5 Å². The number of carbonyl (C=O) groups is 2. The van der Waals surface area contributed by atoms with Crippen molar-refractivity contribution in [3.05, 3.63) is 70.1 Å². The molecule has 0 aliphatic heterocycles. The highest BCUT2D eigenvalue weighted by atomic mass is 19.4. The monoisotopic (exact) mass is 464 g/mol. The van der Waals surface area contributed by atoms with Crippen molar-refractivity contribution in [1.29, 1.82) is 0 Å². The standard InChI is InChI=1S/C20H15F3N4O6/c21-20(22,23)33-13-7-2-1-4-11(13)9-24-19(32)25-12-6-3-5-10(8-12)16-26-14(18(30)31)15(28)17(29)27-16/h1-8,28H,9H2,(H,30,31)(H2,24,25,32)(H,26,27,29). The number of H-pyrrole nitrogens is 1. The highest BCUT2D eigenvalue weighted by molar-refractivity contribution is 5.90. The summed E-state index contributed by atoms with van der Waals surface area (Å²) in [4.78, 5) is 41.0. The van der Waals surface area contributed by atoms with E-state index in [1.807, 2.05) is 0 Å². The Morgan fingerprint density at radius 1 is 1.12 bits per heavy atom. The third-order valence-electron chi connectivity index (χ3n) is 4.13. The van der Waals surface area contributed by atoms with Crippen molar-refractivity contribution in [3.8, 4) is 22.9 Å². The Labute approximate surface area is 182 Å². The molecule has 33 heavy (non-hydrogen) atoms. The topological polar surface area (TPSA) is 154 Å². The number of aromatic nitrogens is 2. The molecule has 3 aromatic rings. The van der Waals surface area contributed by atoms with E-state index in [1.54, 1.807) is 0 Å². The van der Waals surface area contributed by atoms with Crippen LogP contribution in [-0.4, -0.2) is 38.5 Å². The van der Waals surface area contributed by atoms with Crippen LogP contribution in [0.2, 0.25) is 0 Å². The molecule has 2 amide bonds. The van der Waals surface area contributed by atoms with Crippen molar-refractivity contribution >= 4 is 17.7 Å². The van der Waals surface area contributed by atoms with Crippen molar-refractivity contribution in [2.45, 2.75) is 12.9 Å². The van der Waals surface area contributed by atoms with Gasteiger partial charge in [0, 0.05) is 23.4 Å². The second-order valence-electron chi connectivity index (χ2n) is 6.46. The first-order valence-electron chi connectivity index (χ1n) is 9.09. The molecule has 13 heteroatoms. The van der Waals surface area contributed by atoms with Gasteiger partial charge in [0.25, 0.3) is 5.56 Å². The molecular weight excluding hydrogens is 449 g/mol. The highest BCUT2D eigenvalue weighted by Gasteiger charge is 2.32. The zero-order valence-electron chi connectivity index (χ0n) is 16.4. The molecule has 1 aromatic heterocycles. The second kappa shape index (κ2) is 9.30. The van der Waals surface area contributed by atoms with Crippen LogP contribution >= 0.6 is 0 Å². The van der Waals surface area contributed by atoms with Gasteiger partial charge >= 0.3 is 18.4 Å². The van der Waals surface area contributed by atoms with Crippen LogP contribution in [0.15, 0.2) is 53.3 Å². The number of carboxylic acids is 1. The van der Waals surface area contributed by atoms with E-state index in [4.69, 9.17) is 5.11 Å². The molecule has 172 valence electrons. The Morgan fingerprint density at radius 2 is 1.85 bits per heavy atom. The van der Waals surface area contributed by atoms with E-state index in [0.717, 1.165) is 6.07 Å². The fourth-order valence-corrected chi connectivity index (χ4v) is 2.72. The Kier molecular flexibility index (Phi) is 6.51. The van der Waals surface area contributed by atoms with E-state index in [-0.39, 0.29) is 29.2 Å².